The van der Waals surface area contributed by atoms with Crippen molar-refractivity contribution in [3.05, 3.63) is 46.7 Å². The molecule has 1 aromatic heterocycles. The van der Waals surface area contributed by atoms with Crippen LogP contribution in [0.1, 0.15) is 23.2 Å². The highest BCUT2D eigenvalue weighted by Crippen LogP contribution is 2.20. The Morgan fingerprint density at radius 3 is 2.77 bits per heavy atom. The third kappa shape index (κ3) is 3.34. The SMILES string of the molecule is Cl.NCC1CCCN1C(=O)c1cnn(-c2ccc(Br)cc2)c1. The third-order valence-electron chi connectivity index (χ3n) is 3.83. The van der Waals surface area contributed by atoms with Gasteiger partial charge >= 0.3 is 0 Å². The van der Waals surface area contributed by atoms with E-state index in [-0.39, 0.29) is 24.4 Å². The highest BCUT2D eigenvalue weighted by molar-refractivity contribution is 9.10. The predicted octanol–water partition coefficient (Wildman–Crippen LogP) is 2.62. The zero-order valence-electron chi connectivity index (χ0n) is 12.0. The molecule has 1 saturated heterocycles. The molecule has 1 aromatic carbocycles. The van der Waals surface area contributed by atoms with E-state index in [1.807, 2.05) is 29.2 Å². The number of benzene rings is 1. The van der Waals surface area contributed by atoms with Crippen LogP contribution in [0.25, 0.3) is 5.69 Å². The van der Waals surface area contributed by atoms with E-state index in [0.29, 0.717) is 12.1 Å². The summed E-state index contributed by atoms with van der Waals surface area (Å²) >= 11 is 3.40. The molecule has 0 radical (unpaired) electrons. The summed E-state index contributed by atoms with van der Waals surface area (Å²) in [5, 5.41) is 4.28. The number of amides is 1. The Balaban J connectivity index is 0.00000176. The summed E-state index contributed by atoms with van der Waals surface area (Å²) < 4.78 is 2.73. The van der Waals surface area contributed by atoms with Crippen LogP contribution in [0, 0.1) is 0 Å². The van der Waals surface area contributed by atoms with Crippen molar-refractivity contribution >= 4 is 34.2 Å². The molecule has 1 unspecified atom stereocenters. The van der Waals surface area contributed by atoms with Crippen LogP contribution in [0.3, 0.4) is 0 Å². The molecular formula is C15H18BrClN4O. The number of carbonyl (C=O) groups excluding carboxylic acids is 1. The van der Waals surface area contributed by atoms with Crippen molar-refractivity contribution in [3.63, 3.8) is 0 Å². The molecule has 2 aromatic rings. The molecule has 0 saturated carbocycles. The second-order valence-electron chi connectivity index (χ2n) is 5.18. The Morgan fingerprint density at radius 1 is 1.36 bits per heavy atom. The summed E-state index contributed by atoms with van der Waals surface area (Å²) in [6.07, 6.45) is 5.41. The van der Waals surface area contributed by atoms with E-state index in [0.717, 1.165) is 29.5 Å². The lowest BCUT2D eigenvalue weighted by Gasteiger charge is -2.22. The molecule has 118 valence electrons. The van der Waals surface area contributed by atoms with Gasteiger partial charge in [-0.25, -0.2) is 4.68 Å². The molecule has 7 heteroatoms. The monoisotopic (exact) mass is 384 g/mol. The fourth-order valence-corrected chi connectivity index (χ4v) is 2.95. The second-order valence-corrected chi connectivity index (χ2v) is 6.10. The first-order valence-electron chi connectivity index (χ1n) is 7.00. The van der Waals surface area contributed by atoms with E-state index < -0.39 is 0 Å². The van der Waals surface area contributed by atoms with Gasteiger partial charge in [-0.2, -0.15) is 5.10 Å². The molecule has 2 heterocycles. The highest BCUT2D eigenvalue weighted by atomic mass is 79.9. The molecule has 0 spiro atoms. The van der Waals surface area contributed by atoms with Crippen LogP contribution in [0.15, 0.2) is 41.1 Å². The number of rotatable bonds is 3. The number of nitrogens with zero attached hydrogens (tertiary/aromatic N) is 3. The van der Waals surface area contributed by atoms with Crippen LogP contribution >= 0.6 is 28.3 Å². The van der Waals surface area contributed by atoms with Gasteiger partial charge in [0.1, 0.15) is 0 Å². The highest BCUT2D eigenvalue weighted by Gasteiger charge is 2.28. The van der Waals surface area contributed by atoms with Crippen LogP contribution in [0.2, 0.25) is 0 Å². The zero-order valence-corrected chi connectivity index (χ0v) is 14.4. The molecule has 1 aliphatic rings. The average Bonchev–Trinajstić information content (AvgIpc) is 3.16. The third-order valence-corrected chi connectivity index (χ3v) is 4.36. The minimum atomic E-state index is 0. The van der Waals surface area contributed by atoms with Gasteiger partial charge in [0.25, 0.3) is 5.91 Å². The maximum atomic E-state index is 12.5. The van der Waals surface area contributed by atoms with Crippen LogP contribution < -0.4 is 5.73 Å². The predicted molar refractivity (Wildman–Crippen MR) is 91.6 cm³/mol. The molecule has 1 aliphatic heterocycles. The minimum Gasteiger partial charge on any atom is -0.334 e. The van der Waals surface area contributed by atoms with Crippen LogP contribution in [-0.2, 0) is 0 Å². The van der Waals surface area contributed by atoms with Gasteiger partial charge in [0.05, 0.1) is 17.4 Å². The van der Waals surface area contributed by atoms with E-state index in [4.69, 9.17) is 5.73 Å². The molecule has 1 fully saturated rings. The van der Waals surface area contributed by atoms with Crippen molar-refractivity contribution in [1.29, 1.82) is 0 Å². The van der Waals surface area contributed by atoms with Crippen molar-refractivity contribution < 1.29 is 4.79 Å². The van der Waals surface area contributed by atoms with E-state index >= 15 is 0 Å². The number of aromatic nitrogens is 2. The Hall–Kier alpha value is -1.37. The number of carbonyl (C=O) groups is 1. The first kappa shape index (κ1) is 17.0. The van der Waals surface area contributed by atoms with Gasteiger partial charge < -0.3 is 10.6 Å². The summed E-state index contributed by atoms with van der Waals surface area (Å²) in [7, 11) is 0. The summed E-state index contributed by atoms with van der Waals surface area (Å²) in [6.45, 7) is 1.30. The van der Waals surface area contributed by atoms with E-state index in [1.165, 1.54) is 0 Å². The normalized spacial score (nSPS) is 17.4. The Morgan fingerprint density at radius 2 is 2.09 bits per heavy atom. The molecule has 1 atom stereocenters. The van der Waals surface area contributed by atoms with Gasteiger partial charge in [-0.15, -0.1) is 12.4 Å². The molecular weight excluding hydrogens is 368 g/mol. The Labute approximate surface area is 144 Å². The average molecular weight is 386 g/mol. The zero-order chi connectivity index (χ0) is 14.8. The quantitative estimate of drug-likeness (QED) is 0.883. The summed E-state index contributed by atoms with van der Waals surface area (Å²) in [4.78, 5) is 14.4. The van der Waals surface area contributed by atoms with Crippen molar-refractivity contribution in [1.82, 2.24) is 14.7 Å². The van der Waals surface area contributed by atoms with Gasteiger partial charge in [-0.1, -0.05) is 15.9 Å². The lowest BCUT2D eigenvalue weighted by Crippen LogP contribution is -2.39. The van der Waals surface area contributed by atoms with Crippen molar-refractivity contribution in [2.45, 2.75) is 18.9 Å². The topological polar surface area (TPSA) is 64.2 Å². The van der Waals surface area contributed by atoms with Gasteiger partial charge in [0, 0.05) is 29.8 Å². The van der Waals surface area contributed by atoms with Gasteiger partial charge in [-0.3, -0.25) is 4.79 Å². The summed E-state index contributed by atoms with van der Waals surface area (Å²) in [6, 6.07) is 7.95. The van der Waals surface area contributed by atoms with Gasteiger partial charge in [-0.05, 0) is 37.1 Å². The number of hydrogen-bond acceptors (Lipinski definition) is 3. The molecule has 1 amide bonds. The van der Waals surface area contributed by atoms with Crippen LogP contribution in [0.5, 0.6) is 0 Å². The molecule has 0 aliphatic carbocycles. The number of nitrogens with two attached hydrogens (primary N) is 1. The molecule has 2 N–H and O–H groups in total. The molecule has 22 heavy (non-hydrogen) atoms. The lowest BCUT2D eigenvalue weighted by atomic mass is 10.2. The smallest absolute Gasteiger partial charge is 0.257 e. The minimum absolute atomic E-state index is 0. The van der Waals surface area contributed by atoms with E-state index in [1.54, 1.807) is 17.1 Å². The number of likely N-dealkylation sites (tertiary alicyclic amines) is 1. The van der Waals surface area contributed by atoms with Crippen molar-refractivity contribution in [3.8, 4) is 5.69 Å². The molecule has 5 nitrogen and oxygen atoms in total. The standard InChI is InChI=1S/C15H17BrN4O.ClH/c16-12-3-5-13(6-4-12)20-10-11(9-18-20)15(21)19-7-1-2-14(19)8-17;/h3-6,9-10,14H,1-2,7-8,17H2;1H. The Kier molecular flexibility index (Phi) is 5.61. The molecule has 0 bridgehead atoms. The second kappa shape index (κ2) is 7.26. The van der Waals surface area contributed by atoms with Crippen LogP contribution in [0.4, 0.5) is 0 Å². The van der Waals surface area contributed by atoms with Gasteiger partial charge in [0.15, 0.2) is 0 Å². The first-order valence-corrected chi connectivity index (χ1v) is 7.80. The Bertz CT molecular complexity index is 643. The fourth-order valence-electron chi connectivity index (χ4n) is 2.68. The first-order chi connectivity index (χ1) is 10.2. The largest absolute Gasteiger partial charge is 0.334 e. The number of hydrogen-bond donors (Lipinski definition) is 1. The maximum absolute atomic E-state index is 12.5. The van der Waals surface area contributed by atoms with Crippen LogP contribution in [-0.4, -0.2) is 39.7 Å². The lowest BCUT2D eigenvalue weighted by molar-refractivity contribution is 0.0741. The van der Waals surface area contributed by atoms with E-state index in [2.05, 4.69) is 21.0 Å². The van der Waals surface area contributed by atoms with Gasteiger partial charge in [0.2, 0.25) is 0 Å². The maximum Gasteiger partial charge on any atom is 0.257 e. The number of halogens is 2. The molecule has 3 rings (SSSR count). The van der Waals surface area contributed by atoms with Crippen molar-refractivity contribution in [2.24, 2.45) is 5.73 Å². The van der Waals surface area contributed by atoms with E-state index in [9.17, 15) is 4.79 Å². The fraction of sp³-hybridized carbons (Fsp3) is 0.333. The summed E-state index contributed by atoms with van der Waals surface area (Å²) in [5.41, 5.74) is 7.27. The summed E-state index contributed by atoms with van der Waals surface area (Å²) in [5.74, 6) is 0.0197. The van der Waals surface area contributed by atoms with Crippen molar-refractivity contribution in [2.75, 3.05) is 13.1 Å².